The minimum atomic E-state index is -0.389. The molecule has 0 bridgehead atoms. The van der Waals surface area contributed by atoms with E-state index in [1.54, 1.807) is 36.5 Å². The molecule has 9 nitrogen and oxygen atoms in total. The van der Waals surface area contributed by atoms with E-state index in [9.17, 15) is 4.79 Å². The van der Waals surface area contributed by atoms with Gasteiger partial charge in [0.05, 0.1) is 35.5 Å². The van der Waals surface area contributed by atoms with Crippen molar-refractivity contribution in [1.29, 1.82) is 0 Å². The van der Waals surface area contributed by atoms with E-state index in [1.807, 2.05) is 6.07 Å². The molecule has 10 heteroatoms. The molecule has 1 atom stereocenters. The zero-order valence-corrected chi connectivity index (χ0v) is 24.1. The molecule has 0 fully saturated rings. The second-order valence-corrected chi connectivity index (χ2v) is 9.32. The molecule has 212 valence electrons. The minimum absolute atomic E-state index is 0.0330. The fourth-order valence-corrected chi connectivity index (χ4v) is 4.62. The molecular formula is C30H32ClNO8. The smallest absolute Gasteiger partial charge is 0.239 e. The van der Waals surface area contributed by atoms with E-state index in [1.165, 1.54) is 35.5 Å². The molecule has 2 aromatic heterocycles. The normalized spacial score (nSPS) is 11.7. The fourth-order valence-electron chi connectivity index (χ4n) is 4.51. The second kappa shape index (κ2) is 12.8. The van der Waals surface area contributed by atoms with Crippen molar-refractivity contribution >= 4 is 22.6 Å². The van der Waals surface area contributed by atoms with Crippen LogP contribution < -0.4 is 33.8 Å². The second-order valence-electron chi connectivity index (χ2n) is 8.93. The number of hydrogen-bond donors (Lipinski definition) is 0. The summed E-state index contributed by atoms with van der Waals surface area (Å²) in [6.07, 6.45) is 3.34. The predicted molar refractivity (Wildman–Crippen MR) is 153 cm³/mol. The number of rotatable bonds is 12. The van der Waals surface area contributed by atoms with E-state index in [0.29, 0.717) is 52.3 Å². The number of benzene rings is 2. The Morgan fingerprint density at radius 3 is 2.12 bits per heavy atom. The largest absolute Gasteiger partial charge is 0.496 e. The minimum Gasteiger partial charge on any atom is -0.496 e. The standard InChI is InChI=1S/C30H32ClNO8/c1-7-8-19(11-17-9-10-25(31)32-16-17)39-30-27(33)26-21(35-3)14-20(34-2)15-22(26)40-28(30)18-12-23(36-4)29(38-6)24(13-18)37-5/h9-10,12-16,19H,7-8,11H2,1-6H3. The molecule has 0 aliphatic carbocycles. The van der Waals surface area contributed by atoms with Crippen molar-refractivity contribution in [3.05, 3.63) is 63.5 Å². The number of methoxy groups -OCH3 is 5. The van der Waals surface area contributed by atoms with Crippen molar-refractivity contribution in [3.8, 4) is 45.8 Å². The van der Waals surface area contributed by atoms with Crippen molar-refractivity contribution < 1.29 is 32.8 Å². The molecule has 2 heterocycles. The van der Waals surface area contributed by atoms with Crippen LogP contribution in [-0.4, -0.2) is 46.6 Å². The molecule has 0 saturated heterocycles. The van der Waals surface area contributed by atoms with E-state index in [2.05, 4.69) is 11.9 Å². The van der Waals surface area contributed by atoms with E-state index < -0.39 is 0 Å². The van der Waals surface area contributed by atoms with Crippen molar-refractivity contribution in [2.45, 2.75) is 32.3 Å². The first-order valence-corrected chi connectivity index (χ1v) is 13.0. The molecule has 0 radical (unpaired) electrons. The zero-order valence-electron chi connectivity index (χ0n) is 23.3. The van der Waals surface area contributed by atoms with Gasteiger partial charge in [0.15, 0.2) is 17.3 Å². The van der Waals surface area contributed by atoms with Gasteiger partial charge in [-0.05, 0) is 30.2 Å². The highest BCUT2D eigenvalue weighted by Gasteiger charge is 2.26. The molecule has 0 aliphatic rings. The van der Waals surface area contributed by atoms with E-state index >= 15 is 0 Å². The average Bonchev–Trinajstić information content (AvgIpc) is 2.98. The molecule has 0 saturated carbocycles. The van der Waals surface area contributed by atoms with Gasteiger partial charge in [-0.15, -0.1) is 0 Å². The molecule has 0 spiro atoms. The summed E-state index contributed by atoms with van der Waals surface area (Å²) in [7, 11) is 7.56. The number of ether oxygens (including phenoxy) is 6. The third kappa shape index (κ3) is 5.89. The van der Waals surface area contributed by atoms with Crippen LogP contribution in [0.4, 0.5) is 0 Å². The third-order valence-electron chi connectivity index (χ3n) is 6.42. The highest BCUT2D eigenvalue weighted by molar-refractivity contribution is 6.29. The predicted octanol–water partition coefficient (Wildman–Crippen LogP) is 6.34. The summed E-state index contributed by atoms with van der Waals surface area (Å²) in [4.78, 5) is 18.3. The monoisotopic (exact) mass is 569 g/mol. The zero-order chi connectivity index (χ0) is 28.8. The van der Waals surface area contributed by atoms with Crippen LogP contribution in [0.3, 0.4) is 0 Å². The molecule has 2 aromatic carbocycles. The molecule has 0 aliphatic heterocycles. The molecule has 4 rings (SSSR count). The Morgan fingerprint density at radius 2 is 1.57 bits per heavy atom. The van der Waals surface area contributed by atoms with Crippen LogP contribution >= 0.6 is 11.6 Å². The van der Waals surface area contributed by atoms with Crippen LogP contribution in [0, 0.1) is 0 Å². The lowest BCUT2D eigenvalue weighted by Crippen LogP contribution is -2.23. The Labute approximate surface area is 237 Å². The van der Waals surface area contributed by atoms with Gasteiger partial charge in [0.25, 0.3) is 0 Å². The van der Waals surface area contributed by atoms with Gasteiger partial charge in [-0.3, -0.25) is 4.79 Å². The van der Waals surface area contributed by atoms with E-state index in [4.69, 9.17) is 44.4 Å². The Morgan fingerprint density at radius 1 is 0.875 bits per heavy atom. The van der Waals surface area contributed by atoms with Crippen molar-refractivity contribution in [1.82, 2.24) is 4.98 Å². The van der Waals surface area contributed by atoms with E-state index in [0.717, 1.165) is 12.0 Å². The first-order chi connectivity index (χ1) is 19.4. The maximum atomic E-state index is 14.1. The van der Waals surface area contributed by atoms with Gasteiger partial charge in [0.1, 0.15) is 33.7 Å². The van der Waals surface area contributed by atoms with Crippen molar-refractivity contribution in [2.75, 3.05) is 35.5 Å². The quantitative estimate of drug-likeness (QED) is 0.181. The highest BCUT2D eigenvalue weighted by atomic mass is 35.5. The maximum Gasteiger partial charge on any atom is 0.239 e. The van der Waals surface area contributed by atoms with Crippen LogP contribution in [0.1, 0.15) is 25.3 Å². The van der Waals surface area contributed by atoms with E-state index in [-0.39, 0.29) is 34.0 Å². The lowest BCUT2D eigenvalue weighted by atomic mass is 10.0. The number of aromatic nitrogens is 1. The molecule has 1 unspecified atom stereocenters. The van der Waals surface area contributed by atoms with Gasteiger partial charge < -0.3 is 32.8 Å². The molecule has 4 aromatic rings. The van der Waals surface area contributed by atoms with Crippen LogP contribution in [-0.2, 0) is 6.42 Å². The average molecular weight is 570 g/mol. The van der Waals surface area contributed by atoms with Crippen molar-refractivity contribution in [2.24, 2.45) is 0 Å². The lowest BCUT2D eigenvalue weighted by Gasteiger charge is -2.21. The maximum absolute atomic E-state index is 14.1. The number of nitrogens with zero attached hydrogens (tertiary/aromatic N) is 1. The molecular weight excluding hydrogens is 538 g/mol. The van der Waals surface area contributed by atoms with Crippen LogP contribution in [0.2, 0.25) is 5.15 Å². The summed E-state index contributed by atoms with van der Waals surface area (Å²) >= 11 is 5.98. The summed E-state index contributed by atoms with van der Waals surface area (Å²) in [5.41, 5.74) is 1.30. The number of hydrogen-bond acceptors (Lipinski definition) is 9. The molecule has 40 heavy (non-hydrogen) atoms. The summed E-state index contributed by atoms with van der Waals surface area (Å²) in [6, 6.07) is 10.3. The van der Waals surface area contributed by atoms with Gasteiger partial charge in [-0.2, -0.15) is 0 Å². The van der Waals surface area contributed by atoms with Gasteiger partial charge in [0.2, 0.25) is 16.9 Å². The van der Waals surface area contributed by atoms with Crippen LogP contribution in [0.5, 0.6) is 34.5 Å². The van der Waals surface area contributed by atoms with Gasteiger partial charge in [-0.25, -0.2) is 4.98 Å². The fraction of sp³-hybridized carbons (Fsp3) is 0.333. The summed E-state index contributed by atoms with van der Waals surface area (Å²) in [5.74, 6) is 2.20. The first-order valence-electron chi connectivity index (χ1n) is 12.7. The molecule has 0 amide bonds. The number of halogens is 1. The Bertz CT molecular complexity index is 1510. The Kier molecular flexibility index (Phi) is 9.26. The summed E-state index contributed by atoms with van der Waals surface area (Å²) in [5, 5.41) is 0.636. The third-order valence-corrected chi connectivity index (χ3v) is 6.64. The van der Waals surface area contributed by atoms with Gasteiger partial charge >= 0.3 is 0 Å². The highest BCUT2D eigenvalue weighted by Crippen LogP contribution is 2.44. The summed E-state index contributed by atoms with van der Waals surface area (Å²) < 4.78 is 40.4. The SMILES string of the molecule is CCCC(Cc1ccc(Cl)nc1)Oc1c(-c2cc(OC)c(OC)c(OC)c2)oc2cc(OC)cc(OC)c2c1=O. The van der Waals surface area contributed by atoms with Crippen molar-refractivity contribution in [3.63, 3.8) is 0 Å². The topological polar surface area (TPSA) is 98.5 Å². The molecule has 0 N–H and O–H groups in total. The van der Waals surface area contributed by atoms with Gasteiger partial charge in [0, 0.05) is 30.3 Å². The number of pyridine rings is 1. The Balaban J connectivity index is 1.97. The van der Waals surface area contributed by atoms with Crippen LogP contribution in [0.15, 0.2) is 51.8 Å². The first kappa shape index (κ1) is 28.9. The summed E-state index contributed by atoms with van der Waals surface area (Å²) in [6.45, 7) is 2.05. The van der Waals surface area contributed by atoms with Crippen LogP contribution in [0.25, 0.3) is 22.3 Å². The number of fused-ring (bicyclic) bond motifs is 1. The van der Waals surface area contributed by atoms with Gasteiger partial charge in [-0.1, -0.05) is 31.0 Å². The lowest BCUT2D eigenvalue weighted by molar-refractivity contribution is 0.186. The Hall–Kier alpha value is -4.11.